The van der Waals surface area contributed by atoms with Crippen LogP contribution in [0.25, 0.3) is 0 Å². The van der Waals surface area contributed by atoms with Crippen LogP contribution in [0.2, 0.25) is 0 Å². The Morgan fingerprint density at radius 2 is 0.524 bits per heavy atom. The highest BCUT2D eigenvalue weighted by molar-refractivity contribution is 5.71. The lowest BCUT2D eigenvalue weighted by Gasteiger charge is -2.18. The molecule has 374 valence electrons. The molecule has 0 N–H and O–H groups in total. The second kappa shape index (κ2) is 51.4. The van der Waals surface area contributed by atoms with Crippen molar-refractivity contribution in [2.24, 2.45) is 5.92 Å². The summed E-state index contributed by atoms with van der Waals surface area (Å²) in [6.45, 7) is 9.05. The minimum atomic E-state index is -0.761. The maximum Gasteiger partial charge on any atom is 0.306 e. The standard InChI is InChI=1S/C57H110O6/c1-5-7-9-11-13-15-16-17-18-19-23-26-29-33-37-41-45-49-56(59)62-52-54(51-61-55(58)48-44-40-36-31-14-12-10-8-6-2)63-57(60)50-46-42-38-34-30-27-24-21-20-22-25-28-32-35-39-43-47-53(3)4/h53-54H,5-52H2,1-4H3/t54-/m0/s1. The topological polar surface area (TPSA) is 78.9 Å². The maximum absolute atomic E-state index is 12.8. The van der Waals surface area contributed by atoms with Crippen molar-refractivity contribution in [2.45, 2.75) is 329 Å². The van der Waals surface area contributed by atoms with Crippen LogP contribution < -0.4 is 0 Å². The number of carbonyl (C=O) groups excluding carboxylic acids is 3. The molecule has 0 saturated heterocycles. The summed E-state index contributed by atoms with van der Waals surface area (Å²) in [5.41, 5.74) is 0. The van der Waals surface area contributed by atoms with E-state index in [2.05, 4.69) is 27.7 Å². The van der Waals surface area contributed by atoms with Gasteiger partial charge in [0.1, 0.15) is 13.2 Å². The van der Waals surface area contributed by atoms with E-state index < -0.39 is 6.10 Å². The minimum Gasteiger partial charge on any atom is -0.462 e. The number of ether oxygens (including phenoxy) is 3. The normalized spacial score (nSPS) is 12.0. The lowest BCUT2D eigenvalue weighted by Crippen LogP contribution is -2.30. The highest BCUT2D eigenvalue weighted by Crippen LogP contribution is 2.18. The van der Waals surface area contributed by atoms with E-state index in [9.17, 15) is 14.4 Å². The van der Waals surface area contributed by atoms with Crippen LogP contribution in [0.15, 0.2) is 0 Å². The lowest BCUT2D eigenvalue weighted by molar-refractivity contribution is -0.167. The largest absolute Gasteiger partial charge is 0.462 e. The molecule has 63 heavy (non-hydrogen) atoms. The van der Waals surface area contributed by atoms with E-state index in [0.29, 0.717) is 19.3 Å². The molecular weight excluding hydrogens is 781 g/mol. The van der Waals surface area contributed by atoms with Crippen molar-refractivity contribution in [1.82, 2.24) is 0 Å². The molecule has 0 rings (SSSR count). The van der Waals surface area contributed by atoms with Gasteiger partial charge in [-0.3, -0.25) is 14.4 Å². The van der Waals surface area contributed by atoms with Gasteiger partial charge in [0.25, 0.3) is 0 Å². The Bertz CT molecular complexity index is 949. The van der Waals surface area contributed by atoms with Crippen molar-refractivity contribution in [3.63, 3.8) is 0 Å². The summed E-state index contributed by atoms with van der Waals surface area (Å²) < 4.78 is 16.8. The molecule has 0 aliphatic rings. The average Bonchev–Trinajstić information content (AvgIpc) is 3.27. The van der Waals surface area contributed by atoms with Gasteiger partial charge in [0.2, 0.25) is 0 Å². The van der Waals surface area contributed by atoms with Crippen LogP contribution >= 0.6 is 0 Å². The van der Waals surface area contributed by atoms with Crippen LogP contribution in [0.4, 0.5) is 0 Å². The molecule has 0 aliphatic carbocycles. The van der Waals surface area contributed by atoms with Crippen molar-refractivity contribution in [3.05, 3.63) is 0 Å². The van der Waals surface area contributed by atoms with Gasteiger partial charge in [-0.15, -0.1) is 0 Å². The molecular formula is C57H110O6. The SMILES string of the molecule is CCCCCCCCCCCCCCCCCCCC(=O)OC[C@H](COC(=O)CCCCCCCCCCC)OC(=O)CCCCCCCCCCCCCCCCCCC(C)C. The molecule has 0 radical (unpaired) electrons. The molecule has 0 amide bonds. The third-order valence-corrected chi connectivity index (χ3v) is 13.0. The van der Waals surface area contributed by atoms with Crippen molar-refractivity contribution in [2.75, 3.05) is 13.2 Å². The number of hydrogen-bond acceptors (Lipinski definition) is 6. The summed E-state index contributed by atoms with van der Waals surface area (Å²) in [4.78, 5) is 38.0. The molecule has 0 aromatic heterocycles. The maximum atomic E-state index is 12.8. The molecule has 0 aromatic carbocycles. The molecule has 0 heterocycles. The predicted molar refractivity (Wildman–Crippen MR) is 270 cm³/mol. The van der Waals surface area contributed by atoms with Crippen molar-refractivity contribution >= 4 is 17.9 Å². The van der Waals surface area contributed by atoms with E-state index in [0.717, 1.165) is 63.7 Å². The van der Waals surface area contributed by atoms with Gasteiger partial charge in [0.15, 0.2) is 6.10 Å². The quantitative estimate of drug-likeness (QED) is 0.0344. The van der Waals surface area contributed by atoms with Gasteiger partial charge in [-0.05, 0) is 25.2 Å². The van der Waals surface area contributed by atoms with Gasteiger partial charge in [0.05, 0.1) is 0 Å². The zero-order chi connectivity index (χ0) is 45.9. The summed E-state index contributed by atoms with van der Waals surface area (Å²) in [5.74, 6) is 0.0119. The van der Waals surface area contributed by atoms with Crippen LogP contribution in [0, 0.1) is 5.92 Å². The van der Waals surface area contributed by atoms with Crippen molar-refractivity contribution in [3.8, 4) is 0 Å². The summed E-state index contributed by atoms with van der Waals surface area (Å²) in [6, 6.07) is 0. The molecule has 6 nitrogen and oxygen atoms in total. The zero-order valence-electron chi connectivity index (χ0n) is 43.0. The molecule has 0 unspecified atom stereocenters. The fourth-order valence-electron chi connectivity index (χ4n) is 8.75. The van der Waals surface area contributed by atoms with Crippen LogP contribution in [0.3, 0.4) is 0 Å². The minimum absolute atomic E-state index is 0.0621. The van der Waals surface area contributed by atoms with E-state index in [1.54, 1.807) is 0 Å². The molecule has 0 aromatic rings. The van der Waals surface area contributed by atoms with Crippen LogP contribution in [-0.2, 0) is 28.6 Å². The smallest absolute Gasteiger partial charge is 0.306 e. The molecule has 0 aliphatic heterocycles. The number of rotatable bonds is 52. The van der Waals surface area contributed by atoms with E-state index in [-0.39, 0.29) is 31.1 Å². The Hall–Kier alpha value is -1.59. The summed E-state index contributed by atoms with van der Waals surface area (Å²) in [7, 11) is 0. The van der Waals surface area contributed by atoms with Gasteiger partial charge in [-0.25, -0.2) is 0 Å². The van der Waals surface area contributed by atoms with Crippen LogP contribution in [0.5, 0.6) is 0 Å². The van der Waals surface area contributed by atoms with Crippen LogP contribution in [0.1, 0.15) is 323 Å². The number of carbonyl (C=O) groups is 3. The van der Waals surface area contributed by atoms with Gasteiger partial charge in [0, 0.05) is 19.3 Å². The first-order valence-corrected chi connectivity index (χ1v) is 28.4. The van der Waals surface area contributed by atoms with Gasteiger partial charge < -0.3 is 14.2 Å². The first kappa shape index (κ1) is 61.4. The Morgan fingerprint density at radius 1 is 0.302 bits per heavy atom. The van der Waals surface area contributed by atoms with Gasteiger partial charge >= 0.3 is 17.9 Å². The number of unbranched alkanes of at least 4 members (excludes halogenated alkanes) is 39. The third kappa shape index (κ3) is 51.3. The highest BCUT2D eigenvalue weighted by Gasteiger charge is 2.19. The van der Waals surface area contributed by atoms with E-state index >= 15 is 0 Å². The molecule has 0 fully saturated rings. The fourth-order valence-corrected chi connectivity index (χ4v) is 8.75. The van der Waals surface area contributed by atoms with Crippen molar-refractivity contribution < 1.29 is 28.6 Å². The Kier molecular flexibility index (Phi) is 50.1. The lowest BCUT2D eigenvalue weighted by atomic mass is 10.0. The Morgan fingerprint density at radius 3 is 0.778 bits per heavy atom. The molecule has 1 atom stereocenters. The monoisotopic (exact) mass is 891 g/mol. The van der Waals surface area contributed by atoms with Gasteiger partial charge in [-0.2, -0.15) is 0 Å². The zero-order valence-corrected chi connectivity index (χ0v) is 43.0. The average molecular weight is 892 g/mol. The Labute approximate surface area is 393 Å². The Balaban J connectivity index is 4.21. The molecule has 6 heteroatoms. The van der Waals surface area contributed by atoms with E-state index in [1.807, 2.05) is 0 Å². The predicted octanol–water partition coefficient (Wildman–Crippen LogP) is 18.6. The molecule has 0 bridgehead atoms. The van der Waals surface area contributed by atoms with E-state index in [4.69, 9.17) is 14.2 Å². The second-order valence-electron chi connectivity index (χ2n) is 20.1. The number of hydrogen-bond donors (Lipinski definition) is 0. The van der Waals surface area contributed by atoms with Crippen LogP contribution in [-0.4, -0.2) is 37.2 Å². The first-order chi connectivity index (χ1) is 30.9. The third-order valence-electron chi connectivity index (χ3n) is 13.0. The first-order valence-electron chi connectivity index (χ1n) is 28.4. The van der Waals surface area contributed by atoms with Crippen molar-refractivity contribution in [1.29, 1.82) is 0 Å². The highest BCUT2D eigenvalue weighted by atomic mass is 16.6. The molecule has 0 spiro atoms. The fraction of sp³-hybridized carbons (Fsp3) is 0.947. The number of esters is 3. The molecule has 0 saturated carbocycles. The second-order valence-corrected chi connectivity index (χ2v) is 20.1. The summed E-state index contributed by atoms with van der Waals surface area (Å²) in [6.07, 6.45) is 55.3. The summed E-state index contributed by atoms with van der Waals surface area (Å²) in [5, 5.41) is 0. The van der Waals surface area contributed by atoms with E-state index in [1.165, 1.54) is 218 Å². The summed E-state index contributed by atoms with van der Waals surface area (Å²) >= 11 is 0. The van der Waals surface area contributed by atoms with Gasteiger partial charge in [-0.1, -0.05) is 285 Å².